The van der Waals surface area contributed by atoms with Crippen molar-refractivity contribution in [3.05, 3.63) is 48.5 Å². The first-order valence-corrected chi connectivity index (χ1v) is 12.1. The van der Waals surface area contributed by atoms with Crippen LogP contribution in [-0.2, 0) is 10.0 Å². The largest absolute Gasteiger partial charge is 0.323 e. The van der Waals surface area contributed by atoms with Gasteiger partial charge in [-0.25, -0.2) is 22.9 Å². The van der Waals surface area contributed by atoms with Crippen LogP contribution >= 0.6 is 11.3 Å². The number of amides is 2. The molecular weight excluding hydrogens is 408 g/mol. The summed E-state index contributed by atoms with van der Waals surface area (Å²) < 4.78 is 26.7. The van der Waals surface area contributed by atoms with E-state index in [1.54, 1.807) is 16.2 Å². The molecule has 9 heteroatoms. The highest BCUT2D eigenvalue weighted by Crippen LogP contribution is 2.31. The van der Waals surface area contributed by atoms with Crippen LogP contribution in [0.1, 0.15) is 12.8 Å². The molecule has 1 saturated heterocycles. The standard InChI is InChI=1S/C20H22N4O3S2/c1-29(26,27)23-16-8-5-11-24(13-16)20(25)21-15-7-4-6-14(12-15)19-22-17-9-2-3-10-18(17)28-19/h2-4,6-7,9-10,12,16,23H,5,8,11,13H2,1H3,(H,21,25). The number of hydrogen-bond acceptors (Lipinski definition) is 5. The first-order chi connectivity index (χ1) is 13.9. The molecule has 152 valence electrons. The van der Waals surface area contributed by atoms with Gasteiger partial charge in [0, 0.05) is 30.4 Å². The number of urea groups is 1. The monoisotopic (exact) mass is 430 g/mol. The van der Waals surface area contributed by atoms with E-state index in [-0.39, 0.29) is 12.1 Å². The summed E-state index contributed by atoms with van der Waals surface area (Å²) in [6.07, 6.45) is 2.62. The Morgan fingerprint density at radius 1 is 1.21 bits per heavy atom. The molecule has 1 aliphatic heterocycles. The van der Waals surface area contributed by atoms with E-state index in [4.69, 9.17) is 0 Å². The first-order valence-electron chi connectivity index (χ1n) is 9.37. The van der Waals surface area contributed by atoms with Gasteiger partial charge in [0.25, 0.3) is 0 Å². The molecule has 1 atom stereocenters. The number of anilines is 1. The summed E-state index contributed by atoms with van der Waals surface area (Å²) in [5, 5.41) is 3.83. The number of carbonyl (C=O) groups is 1. The second-order valence-electron chi connectivity index (χ2n) is 7.17. The summed E-state index contributed by atoms with van der Waals surface area (Å²) in [7, 11) is -3.29. The van der Waals surface area contributed by atoms with Crippen molar-refractivity contribution in [1.82, 2.24) is 14.6 Å². The number of thiazole rings is 1. The number of hydrogen-bond donors (Lipinski definition) is 2. The van der Waals surface area contributed by atoms with Crippen LogP contribution in [-0.4, -0.2) is 49.7 Å². The van der Waals surface area contributed by atoms with Crippen LogP contribution in [0.25, 0.3) is 20.8 Å². The first kappa shape index (κ1) is 19.8. The third kappa shape index (κ3) is 4.92. The molecular formula is C20H22N4O3S2. The lowest BCUT2D eigenvalue weighted by molar-refractivity contribution is 0.190. The number of likely N-dealkylation sites (tertiary alicyclic amines) is 1. The van der Waals surface area contributed by atoms with Gasteiger partial charge in [0.2, 0.25) is 10.0 Å². The maximum absolute atomic E-state index is 12.7. The smallest absolute Gasteiger partial charge is 0.321 e. The fourth-order valence-corrected chi connectivity index (χ4v) is 5.25. The molecule has 1 fully saturated rings. The highest BCUT2D eigenvalue weighted by molar-refractivity contribution is 7.88. The highest BCUT2D eigenvalue weighted by Gasteiger charge is 2.25. The number of fused-ring (bicyclic) bond motifs is 1. The molecule has 3 aromatic rings. The van der Waals surface area contributed by atoms with Crippen molar-refractivity contribution < 1.29 is 13.2 Å². The van der Waals surface area contributed by atoms with Crippen LogP contribution in [0.2, 0.25) is 0 Å². The Morgan fingerprint density at radius 2 is 2.03 bits per heavy atom. The van der Waals surface area contributed by atoms with Crippen molar-refractivity contribution in [3.8, 4) is 10.6 Å². The maximum Gasteiger partial charge on any atom is 0.321 e. The number of nitrogens with zero attached hydrogens (tertiary/aromatic N) is 2. The summed E-state index contributed by atoms with van der Waals surface area (Å²) >= 11 is 1.61. The molecule has 1 unspecified atom stereocenters. The van der Waals surface area contributed by atoms with Crippen LogP contribution in [0, 0.1) is 0 Å². The Kier molecular flexibility index (Phi) is 5.53. The third-order valence-electron chi connectivity index (χ3n) is 4.74. The number of benzene rings is 2. The van der Waals surface area contributed by atoms with Gasteiger partial charge in [-0.3, -0.25) is 0 Å². The summed E-state index contributed by atoms with van der Waals surface area (Å²) in [5.41, 5.74) is 2.59. The molecule has 0 radical (unpaired) electrons. The minimum absolute atomic E-state index is 0.230. The van der Waals surface area contributed by atoms with Gasteiger partial charge < -0.3 is 10.2 Å². The molecule has 1 aromatic heterocycles. The number of para-hydroxylation sites is 1. The van der Waals surface area contributed by atoms with Crippen molar-refractivity contribution in [3.63, 3.8) is 0 Å². The molecule has 2 heterocycles. The Morgan fingerprint density at radius 3 is 2.83 bits per heavy atom. The van der Waals surface area contributed by atoms with Crippen LogP contribution in [0.5, 0.6) is 0 Å². The third-order valence-corrected chi connectivity index (χ3v) is 6.59. The molecule has 2 N–H and O–H groups in total. The summed E-state index contributed by atoms with van der Waals surface area (Å²) in [6.45, 7) is 0.960. The number of carbonyl (C=O) groups excluding carboxylic acids is 1. The number of rotatable bonds is 4. The van der Waals surface area contributed by atoms with E-state index in [2.05, 4.69) is 15.0 Å². The second-order valence-corrected chi connectivity index (χ2v) is 9.98. The van der Waals surface area contributed by atoms with E-state index in [9.17, 15) is 13.2 Å². The Hall–Kier alpha value is -2.49. The predicted octanol–water partition coefficient (Wildman–Crippen LogP) is 3.51. The highest BCUT2D eigenvalue weighted by atomic mass is 32.2. The molecule has 0 saturated carbocycles. The fourth-order valence-electron chi connectivity index (χ4n) is 3.49. The molecule has 1 aliphatic rings. The zero-order chi connectivity index (χ0) is 20.4. The lowest BCUT2D eigenvalue weighted by Gasteiger charge is -2.32. The Bertz CT molecular complexity index is 1110. The van der Waals surface area contributed by atoms with Gasteiger partial charge in [0.05, 0.1) is 16.5 Å². The molecule has 7 nitrogen and oxygen atoms in total. The van der Waals surface area contributed by atoms with E-state index in [1.807, 2.05) is 48.5 Å². The van der Waals surface area contributed by atoms with Gasteiger partial charge in [-0.15, -0.1) is 11.3 Å². The van der Waals surface area contributed by atoms with Gasteiger partial charge in [0.1, 0.15) is 5.01 Å². The Labute approximate surface area is 173 Å². The molecule has 0 spiro atoms. The van der Waals surface area contributed by atoms with Crippen molar-refractivity contribution in [2.45, 2.75) is 18.9 Å². The van der Waals surface area contributed by atoms with Crippen LogP contribution in [0.15, 0.2) is 48.5 Å². The zero-order valence-electron chi connectivity index (χ0n) is 16.0. The number of aromatic nitrogens is 1. The van der Waals surface area contributed by atoms with E-state index in [1.165, 1.54) is 0 Å². The van der Waals surface area contributed by atoms with Crippen LogP contribution in [0.4, 0.5) is 10.5 Å². The topological polar surface area (TPSA) is 91.4 Å². The molecule has 2 amide bonds. The van der Waals surface area contributed by atoms with Gasteiger partial charge in [0.15, 0.2) is 0 Å². The maximum atomic E-state index is 12.7. The summed E-state index contributed by atoms with van der Waals surface area (Å²) in [6, 6.07) is 15.1. The summed E-state index contributed by atoms with van der Waals surface area (Å²) in [5.74, 6) is 0. The van der Waals surface area contributed by atoms with Crippen molar-refractivity contribution in [2.24, 2.45) is 0 Å². The normalized spacial score (nSPS) is 17.4. The van der Waals surface area contributed by atoms with Gasteiger partial charge in [-0.1, -0.05) is 24.3 Å². The van der Waals surface area contributed by atoms with Gasteiger partial charge in [-0.2, -0.15) is 0 Å². The molecule has 0 bridgehead atoms. The number of nitrogens with one attached hydrogen (secondary N) is 2. The lowest BCUT2D eigenvalue weighted by atomic mass is 10.1. The minimum Gasteiger partial charge on any atom is -0.323 e. The molecule has 4 rings (SSSR count). The van der Waals surface area contributed by atoms with E-state index in [0.29, 0.717) is 18.8 Å². The minimum atomic E-state index is -3.29. The molecule has 29 heavy (non-hydrogen) atoms. The van der Waals surface area contributed by atoms with Gasteiger partial charge in [-0.05, 0) is 37.1 Å². The average molecular weight is 431 g/mol. The SMILES string of the molecule is CS(=O)(=O)NC1CCCN(C(=O)Nc2cccc(-c3nc4ccccc4s3)c2)C1. The van der Waals surface area contributed by atoms with Crippen LogP contribution in [0.3, 0.4) is 0 Å². The zero-order valence-corrected chi connectivity index (χ0v) is 17.6. The number of sulfonamides is 1. The fraction of sp³-hybridized carbons (Fsp3) is 0.300. The van der Waals surface area contributed by atoms with E-state index >= 15 is 0 Å². The van der Waals surface area contributed by atoms with Crippen molar-refractivity contribution in [1.29, 1.82) is 0 Å². The van der Waals surface area contributed by atoms with Crippen LogP contribution < -0.4 is 10.0 Å². The quantitative estimate of drug-likeness (QED) is 0.663. The second kappa shape index (κ2) is 8.10. The number of piperidine rings is 1. The Balaban J connectivity index is 1.46. The van der Waals surface area contributed by atoms with E-state index in [0.717, 1.165) is 39.9 Å². The molecule has 0 aliphatic carbocycles. The lowest BCUT2D eigenvalue weighted by Crippen LogP contribution is -2.50. The van der Waals surface area contributed by atoms with Crippen molar-refractivity contribution >= 4 is 43.3 Å². The summed E-state index contributed by atoms with van der Waals surface area (Å²) in [4.78, 5) is 19.0. The van der Waals surface area contributed by atoms with E-state index < -0.39 is 10.0 Å². The van der Waals surface area contributed by atoms with Crippen molar-refractivity contribution in [2.75, 3.05) is 24.7 Å². The predicted molar refractivity (Wildman–Crippen MR) is 117 cm³/mol. The van der Waals surface area contributed by atoms with Gasteiger partial charge >= 0.3 is 6.03 Å². The average Bonchev–Trinajstić information content (AvgIpc) is 3.11. The molecule has 2 aromatic carbocycles.